The van der Waals surface area contributed by atoms with Crippen molar-refractivity contribution < 1.29 is 33.8 Å². The molecule has 2 atom stereocenters. The molecule has 3 amide bonds. The maximum Gasteiger partial charge on any atom is 0.408 e. The number of methoxy groups -OCH3 is 1. The van der Waals surface area contributed by atoms with Gasteiger partial charge in [0.1, 0.15) is 30.0 Å². The van der Waals surface area contributed by atoms with Gasteiger partial charge in [0.25, 0.3) is 0 Å². The van der Waals surface area contributed by atoms with Gasteiger partial charge in [0.2, 0.25) is 11.8 Å². The number of alkyl carbamates (subject to hydrolysis) is 1. The van der Waals surface area contributed by atoms with Crippen LogP contribution in [0.5, 0.6) is 5.75 Å². The van der Waals surface area contributed by atoms with E-state index in [0.29, 0.717) is 5.56 Å². The van der Waals surface area contributed by atoms with E-state index in [2.05, 4.69) is 15.4 Å². The van der Waals surface area contributed by atoms with Crippen LogP contribution < -0.4 is 10.6 Å². The summed E-state index contributed by atoms with van der Waals surface area (Å²) in [6, 6.07) is 3.26. The monoisotopic (exact) mass is 479 g/mol. The van der Waals surface area contributed by atoms with E-state index in [4.69, 9.17) is 4.74 Å². The summed E-state index contributed by atoms with van der Waals surface area (Å²) in [7, 11) is 1.20. The molecule has 190 valence electrons. The standard InChI is InChI=1S/C24H37N3O7/c1-14(2)19(26-23(32)34-24(5,6)7)22(31)27(15(3)4)20(16-9-11-17(28)12-10-16)21(30)25-13-18(29)33-8/h9-12,14-15,19-20,28H,13H2,1-8H3,(H,25,30)(H,26,32). The van der Waals surface area contributed by atoms with Crippen molar-refractivity contribution >= 4 is 23.9 Å². The average Bonchev–Trinajstić information content (AvgIpc) is 2.72. The number of hydrogen-bond acceptors (Lipinski definition) is 7. The molecule has 10 heteroatoms. The van der Waals surface area contributed by atoms with Crippen molar-refractivity contribution in [2.45, 2.75) is 72.2 Å². The van der Waals surface area contributed by atoms with Crippen LogP contribution in [0.2, 0.25) is 0 Å². The molecule has 0 spiro atoms. The number of nitrogens with zero attached hydrogens (tertiary/aromatic N) is 1. The fourth-order valence-corrected chi connectivity index (χ4v) is 3.21. The molecule has 0 saturated heterocycles. The summed E-state index contributed by atoms with van der Waals surface area (Å²) in [4.78, 5) is 52.3. The first-order valence-corrected chi connectivity index (χ1v) is 11.1. The molecule has 10 nitrogen and oxygen atoms in total. The van der Waals surface area contributed by atoms with Gasteiger partial charge in [-0.2, -0.15) is 0 Å². The van der Waals surface area contributed by atoms with Crippen LogP contribution >= 0.6 is 0 Å². The van der Waals surface area contributed by atoms with Gasteiger partial charge >= 0.3 is 12.1 Å². The van der Waals surface area contributed by atoms with Crippen LogP contribution in [0.3, 0.4) is 0 Å². The number of carbonyl (C=O) groups excluding carboxylic acids is 4. The Kier molecular flexibility index (Phi) is 10.3. The maximum absolute atomic E-state index is 13.7. The molecule has 0 radical (unpaired) electrons. The van der Waals surface area contributed by atoms with Gasteiger partial charge in [-0.25, -0.2) is 4.79 Å². The molecule has 3 N–H and O–H groups in total. The van der Waals surface area contributed by atoms with Gasteiger partial charge in [-0.1, -0.05) is 26.0 Å². The first-order chi connectivity index (χ1) is 15.7. The van der Waals surface area contributed by atoms with E-state index in [0.717, 1.165) is 0 Å². The summed E-state index contributed by atoms with van der Waals surface area (Å²) in [6.45, 7) is 11.8. The van der Waals surface area contributed by atoms with Crippen LogP contribution in [0.4, 0.5) is 4.79 Å². The predicted molar refractivity (Wildman–Crippen MR) is 126 cm³/mol. The van der Waals surface area contributed by atoms with E-state index >= 15 is 0 Å². The van der Waals surface area contributed by atoms with Gasteiger partial charge in [-0.15, -0.1) is 0 Å². The van der Waals surface area contributed by atoms with Crippen LogP contribution in [0.1, 0.15) is 60.1 Å². The fraction of sp³-hybridized carbons (Fsp3) is 0.583. The van der Waals surface area contributed by atoms with Crippen LogP contribution in [-0.4, -0.2) is 65.2 Å². The number of amides is 3. The summed E-state index contributed by atoms with van der Waals surface area (Å²) in [5, 5.41) is 14.8. The number of hydrogen-bond donors (Lipinski definition) is 3. The highest BCUT2D eigenvalue weighted by Gasteiger charge is 2.39. The van der Waals surface area contributed by atoms with Crippen molar-refractivity contribution in [1.29, 1.82) is 0 Å². The van der Waals surface area contributed by atoms with Crippen LogP contribution in [0.25, 0.3) is 0 Å². The number of esters is 1. The van der Waals surface area contributed by atoms with Gasteiger partial charge in [-0.3, -0.25) is 14.4 Å². The quantitative estimate of drug-likeness (QED) is 0.463. The number of nitrogens with one attached hydrogen (secondary N) is 2. The number of carbonyl (C=O) groups is 4. The number of benzene rings is 1. The SMILES string of the molecule is COC(=O)CNC(=O)C(c1ccc(O)cc1)N(C(=O)C(NC(=O)OC(C)(C)C)C(C)C)C(C)C. The van der Waals surface area contributed by atoms with E-state index < -0.39 is 47.6 Å². The highest BCUT2D eigenvalue weighted by atomic mass is 16.6. The highest BCUT2D eigenvalue weighted by molar-refractivity contribution is 5.93. The first kappa shape index (κ1) is 28.7. The topological polar surface area (TPSA) is 134 Å². The van der Waals surface area contributed by atoms with Gasteiger partial charge < -0.3 is 30.1 Å². The molecule has 0 fully saturated rings. The lowest BCUT2D eigenvalue weighted by molar-refractivity contribution is -0.146. The average molecular weight is 480 g/mol. The molecule has 0 aliphatic rings. The molecule has 0 aliphatic heterocycles. The molecule has 2 unspecified atom stereocenters. The molecule has 1 aromatic carbocycles. The Labute approximate surface area is 201 Å². The first-order valence-electron chi connectivity index (χ1n) is 11.1. The van der Waals surface area contributed by atoms with E-state index in [1.54, 1.807) is 48.5 Å². The smallest absolute Gasteiger partial charge is 0.408 e. The zero-order valence-electron chi connectivity index (χ0n) is 21.2. The number of aromatic hydroxyl groups is 1. The zero-order valence-corrected chi connectivity index (χ0v) is 21.2. The van der Waals surface area contributed by atoms with E-state index in [9.17, 15) is 24.3 Å². The summed E-state index contributed by atoms with van der Waals surface area (Å²) in [5.41, 5.74) is -0.337. The molecule has 0 heterocycles. The van der Waals surface area contributed by atoms with Crippen LogP contribution in [0, 0.1) is 5.92 Å². The summed E-state index contributed by atoms with van der Waals surface area (Å²) in [6.07, 6.45) is -0.750. The molecule has 1 aromatic rings. The lowest BCUT2D eigenvalue weighted by Crippen LogP contribution is -2.56. The van der Waals surface area contributed by atoms with Crippen molar-refractivity contribution in [1.82, 2.24) is 15.5 Å². The zero-order chi connectivity index (χ0) is 26.2. The molecular formula is C24H37N3O7. The maximum atomic E-state index is 13.7. The van der Waals surface area contributed by atoms with Crippen molar-refractivity contribution in [3.05, 3.63) is 29.8 Å². The lowest BCUT2D eigenvalue weighted by Gasteiger charge is -2.38. The number of ether oxygens (including phenoxy) is 2. The normalized spacial score (nSPS) is 13.1. The molecule has 0 bridgehead atoms. The Bertz CT molecular complexity index is 860. The number of phenols is 1. The van der Waals surface area contributed by atoms with Gasteiger partial charge in [0.05, 0.1) is 7.11 Å². The minimum absolute atomic E-state index is 0.00783. The largest absolute Gasteiger partial charge is 0.508 e. The highest BCUT2D eigenvalue weighted by Crippen LogP contribution is 2.27. The summed E-state index contributed by atoms with van der Waals surface area (Å²) >= 11 is 0. The molecule has 0 saturated carbocycles. The van der Waals surface area contributed by atoms with Gasteiger partial charge in [0, 0.05) is 6.04 Å². The van der Waals surface area contributed by atoms with Gasteiger partial charge in [0.15, 0.2) is 0 Å². The number of phenolic OH excluding ortho intramolecular Hbond substituents is 1. The van der Waals surface area contributed by atoms with Gasteiger partial charge in [-0.05, 0) is 58.2 Å². The second-order valence-electron chi connectivity index (χ2n) is 9.50. The van der Waals surface area contributed by atoms with Crippen molar-refractivity contribution in [2.24, 2.45) is 5.92 Å². The predicted octanol–water partition coefficient (Wildman–Crippen LogP) is 2.51. The van der Waals surface area contributed by atoms with Crippen LogP contribution in [-0.2, 0) is 23.9 Å². The van der Waals surface area contributed by atoms with Crippen LogP contribution in [0.15, 0.2) is 24.3 Å². The molecule has 0 aromatic heterocycles. The number of rotatable bonds is 9. The second kappa shape index (κ2) is 12.2. The Hall–Kier alpha value is -3.30. The molecular weight excluding hydrogens is 442 g/mol. The molecule has 0 aliphatic carbocycles. The van der Waals surface area contributed by atoms with E-state index in [1.165, 1.54) is 36.3 Å². The summed E-state index contributed by atoms with van der Waals surface area (Å²) < 4.78 is 9.89. The Morgan fingerprint density at radius 3 is 2.03 bits per heavy atom. The van der Waals surface area contributed by atoms with E-state index in [-0.39, 0.29) is 18.2 Å². The Morgan fingerprint density at radius 2 is 1.59 bits per heavy atom. The van der Waals surface area contributed by atoms with E-state index in [1.807, 2.05) is 0 Å². The summed E-state index contributed by atoms with van der Waals surface area (Å²) in [5.74, 6) is -2.08. The second-order valence-corrected chi connectivity index (χ2v) is 9.50. The van der Waals surface area contributed by atoms with Crippen molar-refractivity contribution in [2.75, 3.05) is 13.7 Å². The van der Waals surface area contributed by atoms with Crippen molar-refractivity contribution in [3.63, 3.8) is 0 Å². The third kappa shape index (κ3) is 8.57. The Morgan fingerprint density at radius 1 is 1.03 bits per heavy atom. The minimum atomic E-state index is -1.14. The third-order valence-electron chi connectivity index (χ3n) is 4.79. The van der Waals surface area contributed by atoms with Crippen molar-refractivity contribution in [3.8, 4) is 5.75 Å². The fourth-order valence-electron chi connectivity index (χ4n) is 3.21. The third-order valence-corrected chi connectivity index (χ3v) is 4.79. The molecule has 1 rings (SSSR count). The lowest BCUT2D eigenvalue weighted by atomic mass is 9.97. The molecule has 34 heavy (non-hydrogen) atoms. The minimum Gasteiger partial charge on any atom is -0.508 e. The Balaban J connectivity index is 3.39.